The highest BCUT2D eigenvalue weighted by atomic mass is 35.5. The summed E-state index contributed by atoms with van der Waals surface area (Å²) in [5, 5.41) is 0.474. The molecule has 0 aliphatic carbocycles. The maximum absolute atomic E-state index is 5.93. The molecule has 1 heterocycles. The lowest BCUT2D eigenvalue weighted by molar-refractivity contribution is 0.276. The van der Waals surface area contributed by atoms with E-state index in [1.807, 2.05) is 6.92 Å². The Hall–Kier alpha value is -0.830. The monoisotopic (exact) mass is 228 g/mol. The van der Waals surface area contributed by atoms with E-state index in [1.165, 1.54) is 0 Å². The smallest absolute Gasteiger partial charge is 0.221 e. The summed E-state index contributed by atoms with van der Waals surface area (Å²) >= 11 is 5.93. The van der Waals surface area contributed by atoms with Gasteiger partial charge in [-0.3, -0.25) is 0 Å². The van der Waals surface area contributed by atoms with Crippen LogP contribution in [0.4, 0.5) is 0 Å². The number of nitrogens with zero attached hydrogens (tertiary/aromatic N) is 2. The van der Waals surface area contributed by atoms with Gasteiger partial charge in [0.2, 0.25) is 5.88 Å². The third-order valence-corrected chi connectivity index (χ3v) is 2.46. The van der Waals surface area contributed by atoms with Crippen LogP contribution in [0.3, 0.4) is 0 Å². The molecule has 1 rings (SSSR count). The van der Waals surface area contributed by atoms with Crippen molar-refractivity contribution in [2.75, 3.05) is 6.61 Å². The fraction of sp³-hybridized carbons (Fsp3) is 0.636. The van der Waals surface area contributed by atoms with Crippen molar-refractivity contribution in [3.05, 3.63) is 16.5 Å². The zero-order valence-electron chi connectivity index (χ0n) is 9.67. The van der Waals surface area contributed by atoms with Gasteiger partial charge in [-0.05, 0) is 26.2 Å². The summed E-state index contributed by atoms with van der Waals surface area (Å²) in [6.45, 7) is 8.67. The first kappa shape index (κ1) is 12.2. The third-order valence-electron chi connectivity index (χ3n) is 2.09. The maximum atomic E-state index is 5.93. The van der Waals surface area contributed by atoms with Crippen LogP contribution in [0, 0.1) is 19.8 Å². The predicted molar refractivity (Wildman–Crippen MR) is 61.5 cm³/mol. The van der Waals surface area contributed by atoms with E-state index in [9.17, 15) is 0 Å². The summed E-state index contributed by atoms with van der Waals surface area (Å²) in [4.78, 5) is 8.26. The maximum Gasteiger partial charge on any atom is 0.221 e. The number of hydrogen-bond acceptors (Lipinski definition) is 3. The average molecular weight is 229 g/mol. The number of hydrogen-bond donors (Lipinski definition) is 0. The Kier molecular flexibility index (Phi) is 4.33. The molecule has 0 aromatic carbocycles. The van der Waals surface area contributed by atoms with Crippen molar-refractivity contribution in [2.45, 2.75) is 34.1 Å². The molecule has 1 aromatic heterocycles. The SMILES string of the molecule is Cc1nc(Cl)c(C)c(OCCC(C)C)n1. The number of rotatable bonds is 4. The molecule has 0 aliphatic heterocycles. The minimum atomic E-state index is 0.474. The first-order valence-corrected chi connectivity index (χ1v) is 5.52. The van der Waals surface area contributed by atoms with Gasteiger partial charge in [0.25, 0.3) is 0 Å². The second kappa shape index (κ2) is 5.31. The molecule has 0 bridgehead atoms. The predicted octanol–water partition coefficient (Wildman–Crippen LogP) is 3.17. The number of ether oxygens (including phenoxy) is 1. The number of aryl methyl sites for hydroxylation is 1. The number of aromatic nitrogens is 2. The second-order valence-electron chi connectivity index (χ2n) is 4.02. The summed E-state index contributed by atoms with van der Waals surface area (Å²) in [6, 6.07) is 0. The Bertz CT molecular complexity index is 340. The molecule has 0 atom stereocenters. The van der Waals surface area contributed by atoms with Gasteiger partial charge in [-0.15, -0.1) is 0 Å². The first-order chi connectivity index (χ1) is 7.00. The molecule has 0 saturated carbocycles. The lowest BCUT2D eigenvalue weighted by Crippen LogP contribution is -2.05. The van der Waals surface area contributed by atoms with Gasteiger partial charge in [-0.2, -0.15) is 4.98 Å². The van der Waals surface area contributed by atoms with Gasteiger partial charge in [-0.1, -0.05) is 25.4 Å². The molecule has 0 spiro atoms. The highest BCUT2D eigenvalue weighted by Crippen LogP contribution is 2.21. The Morgan fingerprint density at radius 3 is 2.53 bits per heavy atom. The van der Waals surface area contributed by atoms with Gasteiger partial charge in [0.15, 0.2) is 0 Å². The summed E-state index contributed by atoms with van der Waals surface area (Å²) < 4.78 is 5.57. The highest BCUT2D eigenvalue weighted by molar-refractivity contribution is 6.30. The lowest BCUT2D eigenvalue weighted by Gasteiger charge is -2.10. The van der Waals surface area contributed by atoms with Crippen LogP contribution in [-0.2, 0) is 0 Å². The minimum Gasteiger partial charge on any atom is -0.477 e. The molecule has 0 saturated heterocycles. The van der Waals surface area contributed by atoms with E-state index in [1.54, 1.807) is 6.92 Å². The van der Waals surface area contributed by atoms with Crippen molar-refractivity contribution >= 4 is 11.6 Å². The van der Waals surface area contributed by atoms with Crippen molar-refractivity contribution in [1.29, 1.82) is 0 Å². The average Bonchev–Trinajstić information content (AvgIpc) is 2.12. The van der Waals surface area contributed by atoms with Crippen molar-refractivity contribution in [2.24, 2.45) is 5.92 Å². The molecule has 0 amide bonds. The van der Waals surface area contributed by atoms with E-state index in [0.717, 1.165) is 12.0 Å². The summed E-state index contributed by atoms with van der Waals surface area (Å²) in [6.07, 6.45) is 1.01. The zero-order chi connectivity index (χ0) is 11.4. The molecule has 84 valence electrons. The second-order valence-corrected chi connectivity index (χ2v) is 4.38. The summed E-state index contributed by atoms with van der Waals surface area (Å²) in [7, 11) is 0. The summed E-state index contributed by atoms with van der Waals surface area (Å²) in [5.74, 6) is 1.88. The topological polar surface area (TPSA) is 35.0 Å². The Morgan fingerprint density at radius 1 is 1.27 bits per heavy atom. The molecule has 4 heteroatoms. The van der Waals surface area contributed by atoms with Crippen molar-refractivity contribution < 1.29 is 4.74 Å². The van der Waals surface area contributed by atoms with Crippen LogP contribution < -0.4 is 4.74 Å². The zero-order valence-corrected chi connectivity index (χ0v) is 10.4. The molecular formula is C11H17ClN2O. The van der Waals surface area contributed by atoms with Crippen LogP contribution in [0.1, 0.15) is 31.7 Å². The van der Waals surface area contributed by atoms with Crippen molar-refractivity contribution in [1.82, 2.24) is 9.97 Å². The van der Waals surface area contributed by atoms with Gasteiger partial charge >= 0.3 is 0 Å². The molecule has 0 radical (unpaired) electrons. The molecular weight excluding hydrogens is 212 g/mol. The van der Waals surface area contributed by atoms with Gasteiger partial charge in [0, 0.05) is 5.56 Å². The third kappa shape index (κ3) is 3.67. The minimum absolute atomic E-state index is 0.474. The van der Waals surface area contributed by atoms with Crippen LogP contribution in [0.5, 0.6) is 5.88 Å². The van der Waals surface area contributed by atoms with E-state index in [2.05, 4.69) is 23.8 Å². The fourth-order valence-corrected chi connectivity index (χ4v) is 1.30. The normalized spacial score (nSPS) is 10.8. The van der Waals surface area contributed by atoms with Gasteiger partial charge < -0.3 is 4.74 Å². The van der Waals surface area contributed by atoms with Crippen LogP contribution in [0.2, 0.25) is 5.15 Å². The molecule has 3 nitrogen and oxygen atoms in total. The Labute approximate surface area is 95.8 Å². The molecule has 0 N–H and O–H groups in total. The number of halogens is 1. The first-order valence-electron chi connectivity index (χ1n) is 5.14. The van der Waals surface area contributed by atoms with Crippen LogP contribution >= 0.6 is 11.6 Å². The highest BCUT2D eigenvalue weighted by Gasteiger charge is 2.08. The standard InChI is InChI=1S/C11H17ClN2O/c1-7(2)5-6-15-11-8(3)10(12)13-9(4)14-11/h7H,5-6H2,1-4H3. The van der Waals surface area contributed by atoms with Gasteiger partial charge in [-0.25, -0.2) is 4.98 Å². The lowest BCUT2D eigenvalue weighted by atomic mass is 10.1. The van der Waals surface area contributed by atoms with E-state index < -0.39 is 0 Å². The van der Waals surface area contributed by atoms with Crippen molar-refractivity contribution in [3.8, 4) is 5.88 Å². The van der Waals surface area contributed by atoms with E-state index in [4.69, 9.17) is 16.3 Å². The Balaban J connectivity index is 2.68. The van der Waals surface area contributed by atoms with E-state index in [-0.39, 0.29) is 0 Å². The quantitative estimate of drug-likeness (QED) is 0.743. The summed E-state index contributed by atoms with van der Waals surface area (Å²) in [5.41, 5.74) is 0.811. The van der Waals surface area contributed by atoms with E-state index in [0.29, 0.717) is 29.4 Å². The molecule has 15 heavy (non-hydrogen) atoms. The van der Waals surface area contributed by atoms with Gasteiger partial charge in [0.05, 0.1) is 6.61 Å². The van der Waals surface area contributed by atoms with Crippen LogP contribution in [0.25, 0.3) is 0 Å². The molecule has 0 unspecified atom stereocenters. The largest absolute Gasteiger partial charge is 0.477 e. The molecule has 0 aliphatic rings. The molecule has 1 aromatic rings. The van der Waals surface area contributed by atoms with Crippen LogP contribution in [-0.4, -0.2) is 16.6 Å². The molecule has 0 fully saturated rings. The Morgan fingerprint density at radius 2 is 1.93 bits per heavy atom. The van der Waals surface area contributed by atoms with Crippen molar-refractivity contribution in [3.63, 3.8) is 0 Å². The van der Waals surface area contributed by atoms with E-state index >= 15 is 0 Å². The fourth-order valence-electron chi connectivity index (χ4n) is 1.10. The van der Waals surface area contributed by atoms with Crippen LogP contribution in [0.15, 0.2) is 0 Å². The van der Waals surface area contributed by atoms with Gasteiger partial charge in [0.1, 0.15) is 11.0 Å².